The van der Waals surface area contributed by atoms with E-state index >= 15 is 0 Å². The maximum Gasteiger partial charge on any atom is 0.416 e. The summed E-state index contributed by atoms with van der Waals surface area (Å²) in [6.45, 7) is 3.44. The number of hydrogen-bond donors (Lipinski definition) is 1. The first-order chi connectivity index (χ1) is 15.6. The molecule has 0 unspecified atom stereocenters. The summed E-state index contributed by atoms with van der Waals surface area (Å²) in [5.41, 5.74) is 0.769. The highest BCUT2D eigenvalue weighted by Crippen LogP contribution is 2.35. The summed E-state index contributed by atoms with van der Waals surface area (Å²) in [7, 11) is 1.44. The smallest absolute Gasteiger partial charge is 0.416 e. The van der Waals surface area contributed by atoms with Crippen molar-refractivity contribution in [1.82, 2.24) is 0 Å². The molecule has 7 nitrogen and oxygen atoms in total. The number of alkyl halides is 3. The first-order valence-corrected chi connectivity index (χ1v) is 10.1. The Hall–Kier alpha value is -3.27. The second-order valence-corrected chi connectivity index (χ2v) is 7.13. The molecule has 0 atom stereocenters. The van der Waals surface area contributed by atoms with Gasteiger partial charge in [0.15, 0.2) is 6.61 Å². The Kier molecular flexibility index (Phi) is 9.53. The topological polar surface area (TPSA) is 83.1 Å². The molecule has 0 heterocycles. The molecule has 1 N–H and O–H groups in total. The van der Waals surface area contributed by atoms with Crippen LogP contribution in [0.25, 0.3) is 0 Å². The Bertz CT molecular complexity index is 962. The molecule has 180 valence electrons. The molecule has 0 aliphatic rings. The maximum atomic E-state index is 13.0. The van der Waals surface area contributed by atoms with Gasteiger partial charge in [0.25, 0.3) is 5.91 Å². The van der Waals surface area contributed by atoms with Gasteiger partial charge < -0.3 is 24.3 Å². The van der Waals surface area contributed by atoms with Crippen molar-refractivity contribution in [2.75, 3.05) is 38.9 Å². The molecule has 0 bridgehead atoms. The fourth-order valence-electron chi connectivity index (χ4n) is 2.68. The zero-order valence-corrected chi connectivity index (χ0v) is 18.6. The van der Waals surface area contributed by atoms with Crippen LogP contribution in [0.2, 0.25) is 0 Å². The minimum absolute atomic E-state index is 0.0293. The highest BCUT2D eigenvalue weighted by molar-refractivity contribution is 5.94. The number of hydrogen-bond acceptors (Lipinski definition) is 6. The number of rotatable bonds is 11. The van der Waals surface area contributed by atoms with Gasteiger partial charge >= 0.3 is 12.1 Å². The van der Waals surface area contributed by atoms with Crippen LogP contribution in [0.4, 0.5) is 18.9 Å². The zero-order chi connectivity index (χ0) is 24.4. The Morgan fingerprint density at radius 2 is 1.67 bits per heavy atom. The van der Waals surface area contributed by atoms with E-state index in [0.29, 0.717) is 5.75 Å². The van der Waals surface area contributed by atoms with Crippen LogP contribution in [-0.4, -0.2) is 45.4 Å². The predicted molar refractivity (Wildman–Crippen MR) is 114 cm³/mol. The molecule has 10 heteroatoms. The molecule has 2 rings (SSSR count). The van der Waals surface area contributed by atoms with Crippen molar-refractivity contribution >= 4 is 17.6 Å². The van der Waals surface area contributed by atoms with Gasteiger partial charge in [-0.2, -0.15) is 13.2 Å². The Labute approximate surface area is 189 Å². The number of nitrogens with one attached hydrogen (secondary N) is 1. The van der Waals surface area contributed by atoms with Crippen molar-refractivity contribution < 1.29 is 41.7 Å². The Balaban J connectivity index is 1.89. The first kappa shape index (κ1) is 26.0. The SMILES string of the molecule is COCCOc1ccc(C(F)(F)F)cc1NC(=O)COC(=O)CCOc1cc(C)ccc1C. The number of esters is 1. The fraction of sp³-hybridized carbons (Fsp3) is 0.391. The zero-order valence-electron chi connectivity index (χ0n) is 18.6. The van der Waals surface area contributed by atoms with Gasteiger partial charge in [0.1, 0.15) is 18.1 Å². The average Bonchev–Trinajstić information content (AvgIpc) is 2.75. The molecule has 0 radical (unpaired) electrons. The predicted octanol–water partition coefficient (Wildman–Crippen LogP) is 4.30. The number of methoxy groups -OCH3 is 1. The van der Waals surface area contributed by atoms with Crippen LogP contribution in [0.5, 0.6) is 11.5 Å². The van der Waals surface area contributed by atoms with E-state index in [-0.39, 0.29) is 37.7 Å². The average molecular weight is 469 g/mol. The number of aryl methyl sites for hydroxylation is 2. The molecule has 0 aromatic heterocycles. The van der Waals surface area contributed by atoms with Gasteiger partial charge in [-0.15, -0.1) is 0 Å². The minimum atomic E-state index is -4.60. The lowest BCUT2D eigenvalue weighted by atomic mass is 10.1. The molecule has 0 aliphatic carbocycles. The number of amides is 1. The lowest BCUT2D eigenvalue weighted by molar-refractivity contribution is -0.147. The van der Waals surface area contributed by atoms with Crippen molar-refractivity contribution in [2.24, 2.45) is 0 Å². The Morgan fingerprint density at radius 1 is 0.939 bits per heavy atom. The number of carbonyl (C=O) groups excluding carboxylic acids is 2. The molecule has 1 amide bonds. The van der Waals surface area contributed by atoms with Gasteiger partial charge in [0, 0.05) is 7.11 Å². The summed E-state index contributed by atoms with van der Waals surface area (Å²) in [5.74, 6) is -0.821. The molecule has 0 fully saturated rings. The van der Waals surface area contributed by atoms with Crippen LogP contribution >= 0.6 is 0 Å². The van der Waals surface area contributed by atoms with Crippen molar-refractivity contribution in [1.29, 1.82) is 0 Å². The van der Waals surface area contributed by atoms with E-state index in [0.717, 1.165) is 29.3 Å². The molecule has 0 saturated carbocycles. The fourth-order valence-corrected chi connectivity index (χ4v) is 2.68. The number of ether oxygens (including phenoxy) is 4. The normalized spacial score (nSPS) is 11.1. The van der Waals surface area contributed by atoms with Gasteiger partial charge in [0.05, 0.1) is 30.9 Å². The quantitative estimate of drug-likeness (QED) is 0.390. The second-order valence-electron chi connectivity index (χ2n) is 7.13. The monoisotopic (exact) mass is 469 g/mol. The van der Waals surface area contributed by atoms with Crippen LogP contribution in [-0.2, 0) is 25.2 Å². The molecular weight excluding hydrogens is 443 g/mol. The molecule has 0 aliphatic heterocycles. The number of benzene rings is 2. The molecule has 2 aromatic carbocycles. The van der Waals surface area contributed by atoms with Gasteiger partial charge in [-0.25, -0.2) is 0 Å². The van der Waals surface area contributed by atoms with E-state index in [4.69, 9.17) is 18.9 Å². The summed E-state index contributed by atoms with van der Waals surface area (Å²) in [4.78, 5) is 24.1. The third-order valence-electron chi connectivity index (χ3n) is 4.40. The van der Waals surface area contributed by atoms with Gasteiger partial charge in [-0.05, 0) is 49.2 Å². The van der Waals surface area contributed by atoms with E-state index in [1.54, 1.807) is 0 Å². The van der Waals surface area contributed by atoms with E-state index in [9.17, 15) is 22.8 Å². The van der Waals surface area contributed by atoms with Gasteiger partial charge in [-0.3, -0.25) is 9.59 Å². The van der Waals surface area contributed by atoms with Crippen LogP contribution in [0, 0.1) is 13.8 Å². The lowest BCUT2D eigenvalue weighted by Gasteiger charge is -2.15. The molecule has 33 heavy (non-hydrogen) atoms. The largest absolute Gasteiger partial charge is 0.493 e. The van der Waals surface area contributed by atoms with Crippen molar-refractivity contribution in [3.8, 4) is 11.5 Å². The highest BCUT2D eigenvalue weighted by Gasteiger charge is 2.31. The second kappa shape index (κ2) is 12.1. The van der Waals surface area contributed by atoms with Gasteiger partial charge in [0.2, 0.25) is 0 Å². The van der Waals surface area contributed by atoms with Crippen molar-refractivity contribution in [3.63, 3.8) is 0 Å². The standard InChI is InChI=1S/C23H26F3NO6/c1-15-4-5-16(2)20(12-15)31-9-8-22(29)33-14-21(28)27-18-13-17(23(24,25)26)6-7-19(18)32-11-10-30-3/h4-7,12-13H,8-11,14H2,1-3H3,(H,27,28). The van der Waals surface area contributed by atoms with E-state index < -0.39 is 30.2 Å². The lowest BCUT2D eigenvalue weighted by Crippen LogP contribution is -2.22. The van der Waals surface area contributed by atoms with Crippen LogP contribution < -0.4 is 14.8 Å². The Morgan fingerprint density at radius 3 is 2.36 bits per heavy atom. The third-order valence-corrected chi connectivity index (χ3v) is 4.40. The summed E-state index contributed by atoms with van der Waals surface area (Å²) in [5, 5.41) is 2.29. The summed E-state index contributed by atoms with van der Waals surface area (Å²) in [6.07, 6.45) is -4.71. The highest BCUT2D eigenvalue weighted by atomic mass is 19.4. The van der Waals surface area contributed by atoms with Crippen molar-refractivity contribution in [3.05, 3.63) is 53.1 Å². The minimum Gasteiger partial charge on any atom is -0.493 e. The molecular formula is C23H26F3NO6. The van der Waals surface area contributed by atoms with Crippen LogP contribution in [0.1, 0.15) is 23.1 Å². The summed E-state index contributed by atoms with van der Waals surface area (Å²) >= 11 is 0. The molecule has 0 spiro atoms. The van der Waals surface area contributed by atoms with Crippen LogP contribution in [0.15, 0.2) is 36.4 Å². The summed E-state index contributed by atoms with van der Waals surface area (Å²) < 4.78 is 59.7. The van der Waals surface area contributed by atoms with E-state index in [2.05, 4.69) is 5.32 Å². The number of carbonyl (C=O) groups is 2. The summed E-state index contributed by atoms with van der Waals surface area (Å²) in [6, 6.07) is 8.37. The molecule has 2 aromatic rings. The van der Waals surface area contributed by atoms with Crippen molar-refractivity contribution in [2.45, 2.75) is 26.4 Å². The number of anilines is 1. The van der Waals surface area contributed by atoms with Gasteiger partial charge in [-0.1, -0.05) is 12.1 Å². The van der Waals surface area contributed by atoms with Crippen LogP contribution in [0.3, 0.4) is 0 Å². The molecule has 0 saturated heterocycles. The maximum absolute atomic E-state index is 13.0. The first-order valence-electron chi connectivity index (χ1n) is 10.1. The van der Waals surface area contributed by atoms with E-state index in [1.807, 2.05) is 32.0 Å². The number of halogens is 3. The third kappa shape index (κ3) is 8.64. The van der Waals surface area contributed by atoms with E-state index in [1.165, 1.54) is 7.11 Å².